The number of aryl methyl sites for hydroxylation is 2. The van der Waals surface area contributed by atoms with Crippen LogP contribution in [0.2, 0.25) is 0 Å². The van der Waals surface area contributed by atoms with Gasteiger partial charge in [0.15, 0.2) is 0 Å². The molecule has 0 saturated carbocycles. The van der Waals surface area contributed by atoms with Gasteiger partial charge in [0, 0.05) is 62.3 Å². The van der Waals surface area contributed by atoms with Gasteiger partial charge in [-0.1, -0.05) is 24.3 Å². The Morgan fingerprint density at radius 1 is 0.952 bits per heavy atom. The summed E-state index contributed by atoms with van der Waals surface area (Å²) in [7, 11) is 1.86. The van der Waals surface area contributed by atoms with E-state index in [2.05, 4.69) is 33.9 Å². The SMILES string of the molecule is Cn1nc(-c2cccc(F)c2)c2ccc(C(=O)N3CCC(c4nc5ccccc5n4CCC4CCOCC4)CC3)cc21. The van der Waals surface area contributed by atoms with Crippen LogP contribution in [0.3, 0.4) is 0 Å². The van der Waals surface area contributed by atoms with E-state index in [4.69, 9.17) is 9.72 Å². The molecule has 7 nitrogen and oxygen atoms in total. The molecule has 216 valence electrons. The lowest BCUT2D eigenvalue weighted by atomic mass is 9.94. The number of likely N-dealkylation sites (tertiary alicyclic amines) is 1. The number of nitrogens with zero attached hydrogens (tertiary/aromatic N) is 5. The second-order valence-corrected chi connectivity index (χ2v) is 11.7. The molecule has 0 spiro atoms. The lowest BCUT2D eigenvalue weighted by Crippen LogP contribution is -2.38. The van der Waals surface area contributed by atoms with E-state index >= 15 is 0 Å². The molecule has 2 saturated heterocycles. The number of hydrogen-bond acceptors (Lipinski definition) is 4. The van der Waals surface area contributed by atoms with Crippen LogP contribution in [0.25, 0.3) is 33.2 Å². The second-order valence-electron chi connectivity index (χ2n) is 11.7. The largest absolute Gasteiger partial charge is 0.381 e. The average molecular weight is 566 g/mol. The zero-order valence-electron chi connectivity index (χ0n) is 24.0. The summed E-state index contributed by atoms with van der Waals surface area (Å²) in [6, 6.07) is 20.6. The van der Waals surface area contributed by atoms with Gasteiger partial charge in [0.1, 0.15) is 17.3 Å². The van der Waals surface area contributed by atoms with E-state index in [1.165, 1.54) is 17.6 Å². The quantitative estimate of drug-likeness (QED) is 0.234. The van der Waals surface area contributed by atoms with Crippen molar-refractivity contribution in [2.75, 3.05) is 26.3 Å². The van der Waals surface area contributed by atoms with Gasteiger partial charge in [-0.15, -0.1) is 0 Å². The molecule has 0 unspecified atom stereocenters. The van der Waals surface area contributed by atoms with Crippen molar-refractivity contribution >= 4 is 27.8 Å². The molecule has 8 heteroatoms. The topological polar surface area (TPSA) is 65.2 Å². The smallest absolute Gasteiger partial charge is 0.253 e. The molecule has 7 rings (SSSR count). The van der Waals surface area contributed by atoms with Gasteiger partial charge in [0.25, 0.3) is 5.91 Å². The first kappa shape index (κ1) is 26.8. The Hall–Kier alpha value is -4.04. The van der Waals surface area contributed by atoms with Crippen LogP contribution < -0.4 is 0 Å². The highest BCUT2D eigenvalue weighted by Gasteiger charge is 2.29. The Morgan fingerprint density at radius 3 is 2.57 bits per heavy atom. The third-order valence-electron chi connectivity index (χ3n) is 9.13. The number of carbonyl (C=O) groups excluding carboxylic acids is 1. The number of benzene rings is 3. The number of hydrogen-bond donors (Lipinski definition) is 0. The summed E-state index contributed by atoms with van der Waals surface area (Å²) in [5, 5.41) is 5.54. The molecule has 0 radical (unpaired) electrons. The highest BCUT2D eigenvalue weighted by atomic mass is 19.1. The number of carbonyl (C=O) groups is 1. The van der Waals surface area contributed by atoms with Crippen molar-refractivity contribution < 1.29 is 13.9 Å². The number of para-hydroxylation sites is 2. The Morgan fingerprint density at radius 2 is 1.76 bits per heavy atom. The number of ether oxygens (including phenoxy) is 1. The van der Waals surface area contributed by atoms with Crippen LogP contribution in [-0.2, 0) is 18.3 Å². The van der Waals surface area contributed by atoms with E-state index in [0.717, 1.165) is 79.7 Å². The Bertz CT molecular complexity index is 1740. The first-order valence-electron chi connectivity index (χ1n) is 15.1. The maximum atomic E-state index is 13.9. The predicted molar refractivity (Wildman–Crippen MR) is 162 cm³/mol. The third kappa shape index (κ3) is 5.09. The zero-order chi connectivity index (χ0) is 28.6. The van der Waals surface area contributed by atoms with Crippen molar-refractivity contribution in [3.8, 4) is 11.3 Å². The summed E-state index contributed by atoms with van der Waals surface area (Å²) in [6.07, 6.45) is 5.21. The monoisotopic (exact) mass is 565 g/mol. The summed E-state index contributed by atoms with van der Waals surface area (Å²) < 4.78 is 23.6. The Labute approximate surface area is 244 Å². The molecule has 2 aromatic heterocycles. The number of piperidine rings is 1. The second kappa shape index (κ2) is 11.3. The number of imidazole rings is 1. The van der Waals surface area contributed by atoms with Crippen LogP contribution in [0.4, 0.5) is 4.39 Å². The van der Waals surface area contributed by atoms with E-state index in [0.29, 0.717) is 36.2 Å². The molecule has 0 aliphatic carbocycles. The van der Waals surface area contributed by atoms with Gasteiger partial charge < -0.3 is 14.2 Å². The first-order chi connectivity index (χ1) is 20.5. The van der Waals surface area contributed by atoms with Crippen LogP contribution in [0, 0.1) is 11.7 Å². The number of amides is 1. The van der Waals surface area contributed by atoms with E-state index in [1.807, 2.05) is 36.2 Å². The fourth-order valence-electron chi connectivity index (χ4n) is 6.75. The summed E-state index contributed by atoms with van der Waals surface area (Å²) in [5.41, 5.74) is 5.21. The molecule has 42 heavy (non-hydrogen) atoms. The minimum Gasteiger partial charge on any atom is -0.381 e. The van der Waals surface area contributed by atoms with Gasteiger partial charge in [0.05, 0.1) is 16.6 Å². The van der Waals surface area contributed by atoms with Gasteiger partial charge in [-0.3, -0.25) is 9.48 Å². The summed E-state index contributed by atoms with van der Waals surface area (Å²) in [6.45, 7) is 4.12. The molecule has 0 N–H and O–H groups in total. The predicted octanol–water partition coefficient (Wildman–Crippen LogP) is 6.57. The molecule has 0 atom stereocenters. The maximum absolute atomic E-state index is 13.9. The van der Waals surface area contributed by atoms with Crippen LogP contribution in [0.1, 0.15) is 54.2 Å². The van der Waals surface area contributed by atoms with Gasteiger partial charge in [-0.25, -0.2) is 9.37 Å². The molecule has 2 aliphatic rings. The molecule has 2 fully saturated rings. The van der Waals surface area contributed by atoms with Crippen molar-refractivity contribution in [3.63, 3.8) is 0 Å². The van der Waals surface area contributed by atoms with Crippen LogP contribution >= 0.6 is 0 Å². The summed E-state index contributed by atoms with van der Waals surface area (Å²) in [4.78, 5) is 20.7. The van der Waals surface area contributed by atoms with E-state index in [1.54, 1.807) is 10.7 Å². The maximum Gasteiger partial charge on any atom is 0.253 e. The van der Waals surface area contributed by atoms with Crippen molar-refractivity contribution in [2.24, 2.45) is 13.0 Å². The third-order valence-corrected chi connectivity index (χ3v) is 9.13. The molecule has 2 aliphatic heterocycles. The zero-order valence-corrected chi connectivity index (χ0v) is 24.0. The number of rotatable bonds is 6. The van der Waals surface area contributed by atoms with Gasteiger partial charge >= 0.3 is 0 Å². The molecule has 0 bridgehead atoms. The number of halogens is 1. The van der Waals surface area contributed by atoms with Crippen LogP contribution in [-0.4, -0.2) is 56.4 Å². The minimum atomic E-state index is -0.295. The fourth-order valence-corrected chi connectivity index (χ4v) is 6.75. The van der Waals surface area contributed by atoms with E-state index in [9.17, 15) is 9.18 Å². The first-order valence-corrected chi connectivity index (χ1v) is 15.1. The molecule has 1 amide bonds. The summed E-state index contributed by atoms with van der Waals surface area (Å²) >= 11 is 0. The van der Waals surface area contributed by atoms with Crippen molar-refractivity contribution in [1.82, 2.24) is 24.2 Å². The highest BCUT2D eigenvalue weighted by molar-refractivity contribution is 6.01. The average Bonchev–Trinajstić information content (AvgIpc) is 3.57. The van der Waals surface area contributed by atoms with E-state index < -0.39 is 0 Å². The van der Waals surface area contributed by atoms with Gasteiger partial charge in [0.2, 0.25) is 0 Å². The molecular weight excluding hydrogens is 529 g/mol. The molecule has 4 heterocycles. The standard InChI is InChI=1S/C34H36FN5O2/c1-38-31-22-26(9-10-28(31)32(37-38)25-5-4-6-27(35)21-25)34(41)39-16-12-24(13-17-39)33-36-29-7-2-3-8-30(29)40(33)18-11-23-14-19-42-20-15-23/h2-10,21-24H,11-20H2,1H3. The lowest BCUT2D eigenvalue weighted by molar-refractivity contribution is 0.0624. The van der Waals surface area contributed by atoms with Gasteiger partial charge in [-0.2, -0.15) is 5.10 Å². The Balaban J connectivity index is 1.07. The van der Waals surface area contributed by atoms with Crippen LogP contribution in [0.15, 0.2) is 66.7 Å². The highest BCUT2D eigenvalue weighted by Crippen LogP contribution is 2.33. The normalized spacial score (nSPS) is 17.0. The van der Waals surface area contributed by atoms with E-state index in [-0.39, 0.29) is 11.7 Å². The Kier molecular flexibility index (Phi) is 7.24. The van der Waals surface area contributed by atoms with Crippen molar-refractivity contribution in [3.05, 3.63) is 83.9 Å². The number of fused-ring (bicyclic) bond motifs is 2. The lowest BCUT2D eigenvalue weighted by Gasteiger charge is -2.32. The number of aromatic nitrogens is 4. The van der Waals surface area contributed by atoms with Crippen molar-refractivity contribution in [1.29, 1.82) is 0 Å². The van der Waals surface area contributed by atoms with Crippen molar-refractivity contribution in [2.45, 2.75) is 44.6 Å². The summed E-state index contributed by atoms with van der Waals surface area (Å²) in [5.74, 6) is 1.93. The molecule has 3 aromatic carbocycles. The van der Waals surface area contributed by atoms with Crippen LogP contribution in [0.5, 0.6) is 0 Å². The van der Waals surface area contributed by atoms with Gasteiger partial charge in [-0.05, 0) is 80.5 Å². The molecular formula is C34H36FN5O2. The minimum absolute atomic E-state index is 0.0388. The molecule has 5 aromatic rings. The fraction of sp³-hybridized carbons (Fsp3) is 0.382.